The predicted molar refractivity (Wildman–Crippen MR) is 145 cm³/mol. The van der Waals surface area contributed by atoms with E-state index in [1.165, 1.54) is 18.2 Å². The number of rotatable bonds is 12. The summed E-state index contributed by atoms with van der Waals surface area (Å²) >= 11 is 5.93. The van der Waals surface area contributed by atoms with Gasteiger partial charge in [0, 0.05) is 40.4 Å². The molecule has 1 aromatic heterocycles. The van der Waals surface area contributed by atoms with E-state index < -0.39 is 35.8 Å². The molecule has 3 N–H and O–H groups in total. The number of H-pyrrole nitrogens is 1. The first-order valence-electron chi connectivity index (χ1n) is 12.5. The van der Waals surface area contributed by atoms with E-state index in [1.807, 2.05) is 0 Å². The second-order valence-corrected chi connectivity index (χ2v) is 9.03. The number of amides is 2. The second-order valence-electron chi connectivity index (χ2n) is 8.60. The van der Waals surface area contributed by atoms with Crippen LogP contribution >= 0.6 is 11.6 Å². The van der Waals surface area contributed by atoms with E-state index in [0.29, 0.717) is 21.5 Å². The van der Waals surface area contributed by atoms with Crippen LogP contribution in [-0.2, 0) is 30.3 Å². The van der Waals surface area contributed by atoms with Crippen molar-refractivity contribution in [3.8, 4) is 0 Å². The lowest BCUT2D eigenvalue weighted by atomic mass is 10.00. The Balaban J connectivity index is 1.91. The zero-order valence-electron chi connectivity index (χ0n) is 21.6. The quantitative estimate of drug-likeness (QED) is 0.291. The van der Waals surface area contributed by atoms with Crippen molar-refractivity contribution in [3.63, 3.8) is 0 Å². The Morgan fingerprint density at radius 3 is 2.31 bits per heavy atom. The third kappa shape index (κ3) is 8.41. The number of hydrogen-bond donors (Lipinski definition) is 3. The summed E-state index contributed by atoms with van der Waals surface area (Å²) in [6.07, 6.45) is -0.240. The highest BCUT2D eigenvalue weighted by Gasteiger charge is 2.29. The van der Waals surface area contributed by atoms with Crippen molar-refractivity contribution < 1.29 is 28.7 Å². The van der Waals surface area contributed by atoms with Gasteiger partial charge in [-0.25, -0.2) is 4.79 Å². The summed E-state index contributed by atoms with van der Waals surface area (Å²) < 4.78 is 10.0. The third-order valence-corrected chi connectivity index (χ3v) is 6.07. The van der Waals surface area contributed by atoms with Gasteiger partial charge in [0.15, 0.2) is 0 Å². The Morgan fingerprint density at radius 2 is 1.62 bits per heavy atom. The molecule has 39 heavy (non-hydrogen) atoms. The molecule has 0 bridgehead atoms. The Labute approximate surface area is 230 Å². The summed E-state index contributed by atoms with van der Waals surface area (Å²) in [6, 6.07) is 12.2. The molecule has 0 spiro atoms. The fourth-order valence-corrected chi connectivity index (χ4v) is 4.10. The molecule has 0 saturated carbocycles. The van der Waals surface area contributed by atoms with Gasteiger partial charge in [0.05, 0.1) is 13.2 Å². The molecule has 0 aliphatic carbocycles. The van der Waals surface area contributed by atoms with Crippen molar-refractivity contribution in [1.29, 1.82) is 0 Å². The number of para-hydroxylation sites is 1. The molecule has 3 rings (SSSR count). The first-order chi connectivity index (χ1) is 18.7. The third-order valence-electron chi connectivity index (χ3n) is 5.82. The van der Waals surface area contributed by atoms with Crippen LogP contribution in [0, 0.1) is 0 Å². The zero-order valence-corrected chi connectivity index (χ0v) is 22.4. The van der Waals surface area contributed by atoms with Crippen molar-refractivity contribution >= 4 is 46.3 Å². The fraction of sp³-hybridized carbons (Fsp3) is 0.321. The number of fused-ring (bicyclic) bond motifs is 1. The molecule has 10 nitrogen and oxygen atoms in total. The average Bonchev–Trinajstić information content (AvgIpc) is 2.91. The monoisotopic (exact) mass is 555 g/mol. The predicted octanol–water partition coefficient (Wildman–Crippen LogP) is 2.91. The molecule has 11 heteroatoms. The summed E-state index contributed by atoms with van der Waals surface area (Å²) in [5.41, 5.74) is 0.982. The average molecular weight is 556 g/mol. The van der Waals surface area contributed by atoms with Crippen molar-refractivity contribution in [2.24, 2.45) is 0 Å². The van der Waals surface area contributed by atoms with E-state index >= 15 is 0 Å². The number of nitrogens with one attached hydrogen (secondary N) is 3. The summed E-state index contributed by atoms with van der Waals surface area (Å²) in [5, 5.41) is 6.44. The van der Waals surface area contributed by atoms with Crippen LogP contribution < -0.4 is 16.2 Å². The summed E-state index contributed by atoms with van der Waals surface area (Å²) in [7, 11) is 0. The fourth-order valence-electron chi connectivity index (χ4n) is 3.98. The second kappa shape index (κ2) is 14.1. The summed E-state index contributed by atoms with van der Waals surface area (Å²) in [5.74, 6) is -2.49. The van der Waals surface area contributed by atoms with Gasteiger partial charge in [-0.15, -0.1) is 0 Å². The molecule has 2 amide bonds. The Bertz CT molecular complexity index is 1390. The molecule has 0 saturated heterocycles. The smallest absolute Gasteiger partial charge is 0.328 e. The lowest BCUT2D eigenvalue weighted by Crippen LogP contribution is -2.53. The Hall–Kier alpha value is -4.18. The maximum Gasteiger partial charge on any atom is 0.328 e. The van der Waals surface area contributed by atoms with Gasteiger partial charge in [-0.2, -0.15) is 0 Å². The molecular formula is C28H30ClN3O7. The number of benzene rings is 2. The topological polar surface area (TPSA) is 144 Å². The number of aromatic nitrogens is 1. The van der Waals surface area contributed by atoms with Gasteiger partial charge in [0.25, 0.3) is 5.91 Å². The molecule has 3 aromatic rings. The Kier molecular flexibility index (Phi) is 10.6. The van der Waals surface area contributed by atoms with Gasteiger partial charge < -0.3 is 25.1 Å². The molecule has 2 aromatic carbocycles. The van der Waals surface area contributed by atoms with Crippen LogP contribution in [-0.4, -0.2) is 54.0 Å². The van der Waals surface area contributed by atoms with Crippen molar-refractivity contribution in [3.05, 3.63) is 81.1 Å². The highest BCUT2D eigenvalue weighted by molar-refractivity contribution is 6.30. The van der Waals surface area contributed by atoms with E-state index in [4.69, 9.17) is 21.1 Å². The molecule has 2 unspecified atom stereocenters. The van der Waals surface area contributed by atoms with Crippen molar-refractivity contribution in [2.45, 2.75) is 45.2 Å². The number of pyridine rings is 1. The summed E-state index contributed by atoms with van der Waals surface area (Å²) in [4.78, 5) is 66.1. The zero-order chi connectivity index (χ0) is 28.4. The maximum atomic E-state index is 13.5. The van der Waals surface area contributed by atoms with Gasteiger partial charge in [0.2, 0.25) is 11.5 Å². The lowest BCUT2D eigenvalue weighted by Gasteiger charge is -2.23. The summed E-state index contributed by atoms with van der Waals surface area (Å²) in [6.45, 7) is 3.53. The molecule has 0 radical (unpaired) electrons. The van der Waals surface area contributed by atoms with Gasteiger partial charge >= 0.3 is 11.9 Å². The number of halogens is 1. The highest BCUT2D eigenvalue weighted by Crippen LogP contribution is 2.17. The Morgan fingerprint density at radius 1 is 0.923 bits per heavy atom. The molecule has 2 atom stereocenters. The highest BCUT2D eigenvalue weighted by atomic mass is 35.5. The van der Waals surface area contributed by atoms with E-state index in [-0.39, 0.29) is 43.6 Å². The normalized spacial score (nSPS) is 12.3. The number of ether oxygens (including phenoxy) is 2. The van der Waals surface area contributed by atoms with Gasteiger partial charge in [0.1, 0.15) is 12.1 Å². The van der Waals surface area contributed by atoms with E-state index in [9.17, 15) is 24.0 Å². The van der Waals surface area contributed by atoms with E-state index in [1.54, 1.807) is 50.2 Å². The van der Waals surface area contributed by atoms with Crippen LogP contribution in [0.15, 0.2) is 59.4 Å². The van der Waals surface area contributed by atoms with Crippen LogP contribution in [0.5, 0.6) is 0 Å². The molecule has 0 aliphatic rings. The molecule has 1 heterocycles. The van der Waals surface area contributed by atoms with Crippen LogP contribution in [0.4, 0.5) is 0 Å². The van der Waals surface area contributed by atoms with Crippen molar-refractivity contribution in [1.82, 2.24) is 15.6 Å². The number of aromatic amines is 1. The minimum Gasteiger partial charge on any atom is -0.466 e. The van der Waals surface area contributed by atoms with Crippen molar-refractivity contribution in [2.75, 3.05) is 13.2 Å². The first kappa shape index (κ1) is 29.4. The largest absolute Gasteiger partial charge is 0.466 e. The maximum absolute atomic E-state index is 13.5. The molecule has 0 aliphatic heterocycles. The number of hydrogen-bond acceptors (Lipinski definition) is 7. The van der Waals surface area contributed by atoms with Crippen LogP contribution in [0.3, 0.4) is 0 Å². The van der Waals surface area contributed by atoms with Crippen LogP contribution in [0.25, 0.3) is 10.9 Å². The minimum atomic E-state index is -1.18. The van der Waals surface area contributed by atoms with Crippen LogP contribution in [0.1, 0.15) is 42.6 Å². The standard InChI is InChI=1S/C28H30ClN3O7/c1-3-38-25(34)14-13-22(28(37)39-4-2)31-27(36)23(32-26(35)17-9-11-19(29)12-10-17)15-18-16-24(33)30-21-8-6-5-7-20(18)21/h5-12,16,22-23H,3-4,13-15H2,1-2H3,(H,30,33)(H,31,36)(H,32,35). The van der Waals surface area contributed by atoms with E-state index in [2.05, 4.69) is 15.6 Å². The molecule has 0 fully saturated rings. The van der Waals surface area contributed by atoms with Crippen LogP contribution in [0.2, 0.25) is 5.02 Å². The lowest BCUT2D eigenvalue weighted by molar-refractivity contribution is -0.149. The van der Waals surface area contributed by atoms with E-state index in [0.717, 1.165) is 0 Å². The SMILES string of the molecule is CCOC(=O)CCC(NC(=O)C(Cc1cc(=O)[nH]c2ccccc12)NC(=O)c1ccc(Cl)cc1)C(=O)OCC. The van der Waals surface area contributed by atoms with Gasteiger partial charge in [-0.05, 0) is 56.2 Å². The minimum absolute atomic E-state index is 0.0526. The molecule has 206 valence electrons. The number of esters is 2. The van der Waals surface area contributed by atoms with Gasteiger partial charge in [-0.3, -0.25) is 19.2 Å². The molecular weight excluding hydrogens is 526 g/mol. The van der Waals surface area contributed by atoms with Gasteiger partial charge in [-0.1, -0.05) is 29.8 Å². The number of carbonyl (C=O) groups excluding carboxylic acids is 4. The number of carbonyl (C=O) groups is 4. The first-order valence-corrected chi connectivity index (χ1v) is 12.9.